The molecule has 1 aromatic heterocycles. The van der Waals surface area contributed by atoms with Gasteiger partial charge in [0.15, 0.2) is 0 Å². The fourth-order valence-electron chi connectivity index (χ4n) is 4.12. The van der Waals surface area contributed by atoms with Crippen molar-refractivity contribution in [2.75, 3.05) is 0 Å². The van der Waals surface area contributed by atoms with Crippen LogP contribution in [-0.2, 0) is 13.0 Å². The Kier molecular flexibility index (Phi) is 3.30. The molecular weight excluding hydrogens is 272 g/mol. The van der Waals surface area contributed by atoms with Crippen molar-refractivity contribution in [3.63, 3.8) is 0 Å². The number of rotatable bonds is 3. The van der Waals surface area contributed by atoms with Crippen molar-refractivity contribution in [2.24, 2.45) is 5.41 Å². The summed E-state index contributed by atoms with van der Waals surface area (Å²) in [6.07, 6.45) is 5.11. The number of nitrogens with one attached hydrogen (secondary N) is 1. The molecular formula is C18H24N4. The first kappa shape index (κ1) is 13.9. The summed E-state index contributed by atoms with van der Waals surface area (Å²) in [5.74, 6) is 1.80. The van der Waals surface area contributed by atoms with Crippen molar-refractivity contribution < 1.29 is 0 Å². The van der Waals surface area contributed by atoms with Gasteiger partial charge in [0.1, 0.15) is 12.2 Å². The third kappa shape index (κ3) is 2.26. The van der Waals surface area contributed by atoms with Gasteiger partial charge in [0.05, 0.1) is 6.54 Å². The van der Waals surface area contributed by atoms with Gasteiger partial charge in [-0.25, -0.2) is 9.67 Å². The lowest BCUT2D eigenvalue weighted by Crippen LogP contribution is -2.59. The average molecular weight is 296 g/mol. The molecule has 2 aromatic rings. The summed E-state index contributed by atoms with van der Waals surface area (Å²) in [5, 5.41) is 8.21. The molecule has 116 valence electrons. The van der Waals surface area contributed by atoms with Crippen LogP contribution >= 0.6 is 0 Å². The van der Waals surface area contributed by atoms with Gasteiger partial charge in [-0.2, -0.15) is 5.10 Å². The van der Waals surface area contributed by atoms with Gasteiger partial charge in [0, 0.05) is 18.5 Å². The van der Waals surface area contributed by atoms with Gasteiger partial charge in [-0.1, -0.05) is 44.2 Å². The highest BCUT2D eigenvalue weighted by molar-refractivity contribution is 5.27. The molecule has 0 saturated heterocycles. The van der Waals surface area contributed by atoms with Gasteiger partial charge in [-0.15, -0.1) is 0 Å². The number of hydrogen-bond acceptors (Lipinski definition) is 3. The number of fused-ring (bicyclic) bond motifs is 1. The maximum Gasteiger partial charge on any atom is 0.138 e. The van der Waals surface area contributed by atoms with Gasteiger partial charge < -0.3 is 5.32 Å². The standard InChI is InChI=1S/C18H24N4/c1-18(2)15(13-6-4-3-5-7-13)10-16(18)21-14-8-9-17-19-12-20-22(17)11-14/h3-7,12,14-16,21H,8-11H2,1-2H3. The Morgan fingerprint density at radius 2 is 2.05 bits per heavy atom. The second-order valence-electron chi connectivity index (χ2n) is 7.33. The Morgan fingerprint density at radius 1 is 1.23 bits per heavy atom. The topological polar surface area (TPSA) is 42.7 Å². The minimum Gasteiger partial charge on any atom is -0.309 e. The summed E-state index contributed by atoms with van der Waals surface area (Å²) in [6.45, 7) is 5.75. The molecule has 4 rings (SSSR count). The fourth-order valence-corrected chi connectivity index (χ4v) is 4.12. The van der Waals surface area contributed by atoms with Crippen LogP contribution in [-0.4, -0.2) is 26.8 Å². The number of nitrogens with zero attached hydrogens (tertiary/aromatic N) is 3. The lowest BCUT2D eigenvalue weighted by molar-refractivity contribution is 0.0548. The Labute approximate surface area is 132 Å². The Hall–Kier alpha value is -1.68. The van der Waals surface area contributed by atoms with Crippen molar-refractivity contribution in [3.8, 4) is 0 Å². The lowest BCUT2D eigenvalue weighted by Gasteiger charge is -2.54. The molecule has 0 bridgehead atoms. The molecule has 1 fully saturated rings. The molecule has 0 spiro atoms. The summed E-state index contributed by atoms with van der Waals surface area (Å²) in [6, 6.07) is 12.1. The second-order valence-corrected chi connectivity index (χ2v) is 7.33. The molecule has 1 saturated carbocycles. The van der Waals surface area contributed by atoms with Crippen LogP contribution in [0.4, 0.5) is 0 Å². The van der Waals surface area contributed by atoms with Gasteiger partial charge in [-0.05, 0) is 29.7 Å². The van der Waals surface area contributed by atoms with E-state index in [4.69, 9.17) is 0 Å². The van der Waals surface area contributed by atoms with E-state index in [0.29, 0.717) is 23.4 Å². The first-order valence-electron chi connectivity index (χ1n) is 8.32. The second kappa shape index (κ2) is 5.20. The summed E-state index contributed by atoms with van der Waals surface area (Å²) < 4.78 is 2.06. The summed E-state index contributed by atoms with van der Waals surface area (Å²) in [5.41, 5.74) is 1.79. The number of aryl methyl sites for hydroxylation is 1. The van der Waals surface area contributed by atoms with E-state index >= 15 is 0 Å². The third-order valence-corrected chi connectivity index (χ3v) is 5.71. The highest BCUT2D eigenvalue weighted by atomic mass is 15.3. The lowest BCUT2D eigenvalue weighted by atomic mass is 9.56. The van der Waals surface area contributed by atoms with Crippen LogP contribution in [0.2, 0.25) is 0 Å². The van der Waals surface area contributed by atoms with Crippen molar-refractivity contribution in [2.45, 2.75) is 57.7 Å². The van der Waals surface area contributed by atoms with Gasteiger partial charge in [-0.3, -0.25) is 0 Å². The molecule has 0 radical (unpaired) electrons. The zero-order valence-electron chi connectivity index (χ0n) is 13.4. The largest absolute Gasteiger partial charge is 0.309 e. The van der Waals surface area contributed by atoms with E-state index < -0.39 is 0 Å². The normalized spacial score (nSPS) is 29.6. The summed E-state index contributed by atoms with van der Waals surface area (Å²) in [4.78, 5) is 4.31. The molecule has 2 aliphatic rings. The molecule has 1 aliphatic heterocycles. The van der Waals surface area contributed by atoms with Gasteiger partial charge in [0.2, 0.25) is 0 Å². The summed E-state index contributed by atoms with van der Waals surface area (Å²) in [7, 11) is 0. The van der Waals surface area contributed by atoms with E-state index in [-0.39, 0.29) is 0 Å². The summed E-state index contributed by atoms with van der Waals surface area (Å²) >= 11 is 0. The molecule has 1 aliphatic carbocycles. The van der Waals surface area contributed by atoms with Crippen LogP contribution in [0.5, 0.6) is 0 Å². The van der Waals surface area contributed by atoms with Crippen LogP contribution in [0.1, 0.15) is 44.0 Å². The van der Waals surface area contributed by atoms with Gasteiger partial charge >= 0.3 is 0 Å². The Morgan fingerprint density at radius 3 is 2.82 bits per heavy atom. The van der Waals surface area contributed by atoms with Crippen molar-refractivity contribution in [3.05, 3.63) is 48.0 Å². The van der Waals surface area contributed by atoms with E-state index in [0.717, 1.165) is 18.8 Å². The first-order chi connectivity index (χ1) is 10.6. The molecule has 1 N–H and O–H groups in total. The maximum atomic E-state index is 4.32. The minimum absolute atomic E-state index is 0.310. The number of benzene rings is 1. The maximum absolute atomic E-state index is 4.32. The van der Waals surface area contributed by atoms with E-state index in [2.05, 4.69) is 64.3 Å². The SMILES string of the molecule is CC1(C)C(NC2CCc3ncnn3C2)CC1c1ccccc1. The molecule has 1 aromatic carbocycles. The monoisotopic (exact) mass is 296 g/mol. The zero-order valence-corrected chi connectivity index (χ0v) is 13.4. The van der Waals surface area contributed by atoms with Crippen LogP contribution in [0.3, 0.4) is 0 Å². The van der Waals surface area contributed by atoms with Crippen LogP contribution in [0.15, 0.2) is 36.7 Å². The predicted octanol–water partition coefficient (Wildman–Crippen LogP) is 2.76. The van der Waals surface area contributed by atoms with Crippen molar-refractivity contribution in [1.29, 1.82) is 0 Å². The molecule has 3 unspecified atom stereocenters. The van der Waals surface area contributed by atoms with E-state index in [1.807, 2.05) is 0 Å². The average Bonchev–Trinajstić information content (AvgIpc) is 2.99. The van der Waals surface area contributed by atoms with Crippen molar-refractivity contribution in [1.82, 2.24) is 20.1 Å². The van der Waals surface area contributed by atoms with Crippen LogP contribution in [0.25, 0.3) is 0 Å². The smallest absolute Gasteiger partial charge is 0.138 e. The predicted molar refractivity (Wildman–Crippen MR) is 86.6 cm³/mol. The Balaban J connectivity index is 1.41. The van der Waals surface area contributed by atoms with Crippen LogP contribution < -0.4 is 5.32 Å². The van der Waals surface area contributed by atoms with Crippen LogP contribution in [0, 0.1) is 5.41 Å². The van der Waals surface area contributed by atoms with E-state index in [1.54, 1.807) is 6.33 Å². The Bertz CT molecular complexity index is 646. The highest BCUT2D eigenvalue weighted by Gasteiger charge is 2.49. The molecule has 22 heavy (non-hydrogen) atoms. The third-order valence-electron chi connectivity index (χ3n) is 5.71. The molecule has 0 amide bonds. The molecule has 4 heteroatoms. The quantitative estimate of drug-likeness (QED) is 0.947. The highest BCUT2D eigenvalue weighted by Crippen LogP contribution is 2.52. The first-order valence-corrected chi connectivity index (χ1v) is 8.32. The van der Waals surface area contributed by atoms with Crippen molar-refractivity contribution >= 4 is 0 Å². The van der Waals surface area contributed by atoms with Gasteiger partial charge in [0.25, 0.3) is 0 Å². The zero-order chi connectivity index (χ0) is 15.2. The van der Waals surface area contributed by atoms with E-state index in [1.165, 1.54) is 18.4 Å². The fraction of sp³-hybridized carbons (Fsp3) is 0.556. The van der Waals surface area contributed by atoms with E-state index in [9.17, 15) is 0 Å². The molecule has 2 heterocycles. The molecule has 4 nitrogen and oxygen atoms in total. The molecule has 3 atom stereocenters. The number of hydrogen-bond donors (Lipinski definition) is 1. The number of aromatic nitrogens is 3. The minimum atomic E-state index is 0.310.